The minimum absolute atomic E-state index is 0.0412. The number of hydrogen-bond acceptors (Lipinski definition) is 4. The van der Waals surface area contributed by atoms with Crippen LogP contribution < -0.4 is 5.32 Å². The summed E-state index contributed by atoms with van der Waals surface area (Å²) in [7, 11) is 0. The van der Waals surface area contributed by atoms with Gasteiger partial charge in [0.1, 0.15) is 5.60 Å². The molecule has 19 heavy (non-hydrogen) atoms. The average Bonchev–Trinajstić information content (AvgIpc) is 2.10. The lowest BCUT2D eigenvalue weighted by Crippen LogP contribution is -2.61. The van der Waals surface area contributed by atoms with Gasteiger partial charge in [-0.2, -0.15) is 0 Å². The fourth-order valence-electron chi connectivity index (χ4n) is 1.89. The van der Waals surface area contributed by atoms with E-state index in [-0.39, 0.29) is 6.04 Å². The molecule has 0 bridgehead atoms. The van der Waals surface area contributed by atoms with Crippen LogP contribution in [-0.2, 0) is 9.53 Å². The van der Waals surface area contributed by atoms with Crippen LogP contribution >= 0.6 is 0 Å². The second-order valence-electron chi connectivity index (χ2n) is 6.73. The Labute approximate surface area is 114 Å². The van der Waals surface area contributed by atoms with Gasteiger partial charge < -0.3 is 15.2 Å². The van der Waals surface area contributed by atoms with Crippen LogP contribution in [0.3, 0.4) is 0 Å². The van der Waals surface area contributed by atoms with E-state index in [0.717, 1.165) is 0 Å². The maximum Gasteiger partial charge on any atom is 0.407 e. The molecule has 0 aliphatic carbocycles. The van der Waals surface area contributed by atoms with Gasteiger partial charge in [0.2, 0.25) is 0 Å². The molecule has 0 atom stereocenters. The third-order valence-corrected chi connectivity index (χ3v) is 2.88. The number of rotatable bonds is 4. The van der Waals surface area contributed by atoms with Gasteiger partial charge in [0.25, 0.3) is 0 Å². The number of nitrogens with zero attached hydrogens (tertiary/aromatic N) is 1. The van der Waals surface area contributed by atoms with Crippen molar-refractivity contribution in [2.75, 3.05) is 19.6 Å². The standard InChI is InChI=1S/C13H24N2O4/c1-12(2,3)19-11(18)14-9-6-15(7-9)8-13(4,5)10(16)17/h9H,6-8H2,1-5H3,(H,14,18)(H,16,17). The molecule has 2 N–H and O–H groups in total. The maximum absolute atomic E-state index is 11.5. The average molecular weight is 272 g/mol. The first kappa shape index (κ1) is 15.8. The number of ether oxygens (including phenoxy) is 1. The molecule has 1 amide bonds. The lowest BCUT2D eigenvalue weighted by molar-refractivity contribution is -0.148. The Balaban J connectivity index is 2.28. The van der Waals surface area contributed by atoms with Crippen LogP contribution in [0.1, 0.15) is 34.6 Å². The maximum atomic E-state index is 11.5. The number of aliphatic carboxylic acids is 1. The number of nitrogens with one attached hydrogen (secondary N) is 1. The number of carbonyl (C=O) groups excluding carboxylic acids is 1. The SMILES string of the molecule is CC(C)(C)OC(=O)NC1CN(CC(C)(C)C(=O)O)C1. The molecule has 1 rings (SSSR count). The molecular formula is C13H24N2O4. The second kappa shape index (κ2) is 5.36. The molecule has 1 saturated heterocycles. The summed E-state index contributed by atoms with van der Waals surface area (Å²) in [5.74, 6) is -0.809. The fourth-order valence-corrected chi connectivity index (χ4v) is 1.89. The molecule has 0 radical (unpaired) electrons. The molecule has 0 aromatic rings. The predicted octanol–water partition coefficient (Wildman–Crippen LogP) is 1.31. The van der Waals surface area contributed by atoms with Crippen molar-refractivity contribution in [2.24, 2.45) is 5.41 Å². The molecule has 1 aliphatic heterocycles. The van der Waals surface area contributed by atoms with E-state index >= 15 is 0 Å². The molecule has 1 aliphatic rings. The highest BCUT2D eigenvalue weighted by molar-refractivity contribution is 5.74. The summed E-state index contributed by atoms with van der Waals surface area (Å²) < 4.78 is 5.16. The Kier molecular flexibility index (Phi) is 4.45. The van der Waals surface area contributed by atoms with Crippen LogP contribution in [0, 0.1) is 5.41 Å². The van der Waals surface area contributed by atoms with E-state index in [1.807, 2.05) is 25.7 Å². The van der Waals surface area contributed by atoms with Crippen molar-refractivity contribution >= 4 is 12.1 Å². The summed E-state index contributed by atoms with van der Waals surface area (Å²) in [6.07, 6.45) is -0.422. The van der Waals surface area contributed by atoms with Crippen molar-refractivity contribution < 1.29 is 19.4 Å². The van der Waals surface area contributed by atoms with E-state index in [2.05, 4.69) is 5.32 Å². The summed E-state index contributed by atoms with van der Waals surface area (Å²) in [5, 5.41) is 11.8. The first-order valence-electron chi connectivity index (χ1n) is 6.45. The molecule has 6 heteroatoms. The number of carboxylic acids is 1. The van der Waals surface area contributed by atoms with Crippen LogP contribution in [0.2, 0.25) is 0 Å². The Morgan fingerprint density at radius 3 is 2.21 bits per heavy atom. The monoisotopic (exact) mass is 272 g/mol. The minimum Gasteiger partial charge on any atom is -0.481 e. The van der Waals surface area contributed by atoms with Crippen molar-refractivity contribution in [3.05, 3.63) is 0 Å². The third kappa shape index (κ3) is 5.06. The van der Waals surface area contributed by atoms with Crippen molar-refractivity contribution in [3.8, 4) is 0 Å². The zero-order chi connectivity index (χ0) is 14.8. The Bertz CT molecular complexity index is 354. The molecule has 0 spiro atoms. The summed E-state index contributed by atoms with van der Waals surface area (Å²) >= 11 is 0. The summed E-state index contributed by atoms with van der Waals surface area (Å²) in [5.41, 5.74) is -1.27. The van der Waals surface area contributed by atoms with Crippen molar-refractivity contribution in [2.45, 2.75) is 46.3 Å². The van der Waals surface area contributed by atoms with Gasteiger partial charge in [-0.25, -0.2) is 4.79 Å². The van der Waals surface area contributed by atoms with Crippen LogP contribution in [0.15, 0.2) is 0 Å². The molecule has 0 aromatic heterocycles. The topological polar surface area (TPSA) is 78.9 Å². The van der Waals surface area contributed by atoms with Gasteiger partial charge in [-0.05, 0) is 34.6 Å². The smallest absolute Gasteiger partial charge is 0.407 e. The number of amides is 1. The highest BCUT2D eigenvalue weighted by Crippen LogP contribution is 2.21. The summed E-state index contributed by atoms with van der Waals surface area (Å²) in [4.78, 5) is 24.5. The highest BCUT2D eigenvalue weighted by Gasteiger charge is 2.36. The highest BCUT2D eigenvalue weighted by atomic mass is 16.6. The number of carbonyl (C=O) groups is 2. The van der Waals surface area contributed by atoms with Crippen LogP contribution in [-0.4, -0.2) is 53.3 Å². The summed E-state index contributed by atoms with van der Waals surface area (Å²) in [6, 6.07) is 0.0412. The van der Waals surface area contributed by atoms with E-state index < -0.39 is 23.1 Å². The molecular weight excluding hydrogens is 248 g/mol. The number of carboxylic acid groups (broad SMARTS) is 1. The van der Waals surface area contributed by atoms with Crippen LogP contribution in [0.4, 0.5) is 4.79 Å². The van der Waals surface area contributed by atoms with Gasteiger partial charge in [0.05, 0.1) is 11.5 Å². The van der Waals surface area contributed by atoms with E-state index in [0.29, 0.717) is 19.6 Å². The first-order chi connectivity index (χ1) is 8.49. The molecule has 110 valence electrons. The zero-order valence-corrected chi connectivity index (χ0v) is 12.3. The van der Waals surface area contributed by atoms with Gasteiger partial charge in [0.15, 0.2) is 0 Å². The van der Waals surface area contributed by atoms with Crippen LogP contribution in [0.5, 0.6) is 0 Å². The quantitative estimate of drug-likeness (QED) is 0.806. The Hall–Kier alpha value is -1.30. The Morgan fingerprint density at radius 1 is 1.26 bits per heavy atom. The van der Waals surface area contributed by atoms with Gasteiger partial charge >= 0.3 is 12.1 Å². The fraction of sp³-hybridized carbons (Fsp3) is 0.846. The normalized spacial score (nSPS) is 17.7. The van der Waals surface area contributed by atoms with E-state index in [9.17, 15) is 9.59 Å². The zero-order valence-electron chi connectivity index (χ0n) is 12.3. The molecule has 6 nitrogen and oxygen atoms in total. The predicted molar refractivity (Wildman–Crippen MR) is 71.0 cm³/mol. The van der Waals surface area contributed by atoms with E-state index in [1.54, 1.807) is 13.8 Å². The largest absolute Gasteiger partial charge is 0.481 e. The van der Waals surface area contributed by atoms with Gasteiger partial charge in [-0.15, -0.1) is 0 Å². The number of alkyl carbamates (subject to hydrolysis) is 1. The van der Waals surface area contributed by atoms with Crippen molar-refractivity contribution in [1.82, 2.24) is 10.2 Å². The lowest BCUT2D eigenvalue weighted by Gasteiger charge is -2.42. The number of hydrogen-bond donors (Lipinski definition) is 2. The van der Waals surface area contributed by atoms with Gasteiger partial charge in [-0.1, -0.05) is 0 Å². The molecule has 0 saturated carbocycles. The van der Waals surface area contributed by atoms with Crippen molar-refractivity contribution in [1.29, 1.82) is 0 Å². The van der Waals surface area contributed by atoms with Gasteiger partial charge in [0, 0.05) is 19.6 Å². The molecule has 1 fully saturated rings. The third-order valence-electron chi connectivity index (χ3n) is 2.88. The lowest BCUT2D eigenvalue weighted by atomic mass is 9.91. The first-order valence-corrected chi connectivity index (χ1v) is 6.45. The van der Waals surface area contributed by atoms with Crippen LogP contribution in [0.25, 0.3) is 0 Å². The van der Waals surface area contributed by atoms with E-state index in [1.165, 1.54) is 0 Å². The molecule has 1 heterocycles. The molecule has 0 unspecified atom stereocenters. The van der Waals surface area contributed by atoms with E-state index in [4.69, 9.17) is 9.84 Å². The molecule has 0 aromatic carbocycles. The minimum atomic E-state index is -0.809. The van der Waals surface area contributed by atoms with Crippen molar-refractivity contribution in [3.63, 3.8) is 0 Å². The number of likely N-dealkylation sites (tertiary alicyclic amines) is 1. The second-order valence-corrected chi connectivity index (χ2v) is 6.73. The Morgan fingerprint density at radius 2 is 1.79 bits per heavy atom. The summed E-state index contributed by atoms with van der Waals surface area (Å²) in [6.45, 7) is 10.6. The van der Waals surface area contributed by atoms with Gasteiger partial charge in [-0.3, -0.25) is 9.69 Å².